The molecular weight excluding hydrogens is 276 g/mol. The number of hydrogen-bond donors (Lipinski definition) is 3. The van der Waals surface area contributed by atoms with Crippen molar-refractivity contribution in [2.45, 2.75) is 39.7 Å². The van der Waals surface area contributed by atoms with Gasteiger partial charge in [-0.1, -0.05) is 13.0 Å². The Kier molecular flexibility index (Phi) is 4.76. The molecule has 0 aromatic carbocycles. The average molecular weight is 302 g/mol. The van der Waals surface area contributed by atoms with Crippen molar-refractivity contribution in [3.05, 3.63) is 29.5 Å². The van der Waals surface area contributed by atoms with Crippen molar-refractivity contribution in [3.8, 4) is 0 Å². The van der Waals surface area contributed by atoms with Crippen LogP contribution in [0.2, 0.25) is 0 Å². The lowest BCUT2D eigenvalue weighted by Crippen LogP contribution is -2.30. The van der Waals surface area contributed by atoms with Gasteiger partial charge in [0.2, 0.25) is 0 Å². The van der Waals surface area contributed by atoms with Gasteiger partial charge in [-0.25, -0.2) is 4.98 Å². The van der Waals surface area contributed by atoms with Crippen LogP contribution in [0.4, 0.5) is 11.6 Å². The fourth-order valence-corrected chi connectivity index (χ4v) is 2.54. The maximum atomic E-state index is 9.30. The van der Waals surface area contributed by atoms with Gasteiger partial charge in [0, 0.05) is 29.5 Å². The highest BCUT2D eigenvalue weighted by Crippen LogP contribution is 2.36. The van der Waals surface area contributed by atoms with Crippen LogP contribution in [-0.2, 0) is 0 Å². The molecule has 0 atom stereocenters. The molecule has 2 rings (SSSR count). The summed E-state index contributed by atoms with van der Waals surface area (Å²) in [6, 6.07) is 1.89. The summed E-state index contributed by atoms with van der Waals surface area (Å²) in [4.78, 5) is 6.55. The molecule has 0 fully saturated rings. The summed E-state index contributed by atoms with van der Waals surface area (Å²) < 4.78 is 0. The van der Waals surface area contributed by atoms with Crippen molar-refractivity contribution in [3.63, 3.8) is 0 Å². The van der Waals surface area contributed by atoms with Crippen LogP contribution < -0.4 is 11.1 Å². The highest BCUT2D eigenvalue weighted by Gasteiger charge is 2.24. The lowest BCUT2D eigenvalue weighted by molar-refractivity contribution is 0.267. The summed E-state index contributed by atoms with van der Waals surface area (Å²) >= 11 is 0. The van der Waals surface area contributed by atoms with Crippen LogP contribution >= 0.6 is 0 Å². The largest absolute Gasteiger partial charge is 0.395 e. The van der Waals surface area contributed by atoms with Gasteiger partial charge < -0.3 is 21.1 Å². The lowest BCUT2D eigenvalue weighted by atomic mass is 9.99. The van der Waals surface area contributed by atoms with Crippen molar-refractivity contribution in [1.29, 1.82) is 0 Å². The van der Waals surface area contributed by atoms with Gasteiger partial charge in [-0.15, -0.1) is 0 Å². The summed E-state index contributed by atoms with van der Waals surface area (Å²) in [7, 11) is 0. The van der Waals surface area contributed by atoms with E-state index >= 15 is 0 Å². The van der Waals surface area contributed by atoms with E-state index in [1.54, 1.807) is 0 Å². The minimum Gasteiger partial charge on any atom is -0.395 e. The zero-order valence-corrected chi connectivity index (χ0v) is 13.8. The van der Waals surface area contributed by atoms with Gasteiger partial charge in [0.05, 0.1) is 6.61 Å². The van der Waals surface area contributed by atoms with E-state index in [1.807, 2.05) is 18.3 Å². The number of rotatable bonds is 4. The molecule has 0 saturated heterocycles. The number of nitrogens with one attached hydrogen (secondary N) is 1. The fraction of sp³-hybridized carbons (Fsp3) is 0.471. The third-order valence-corrected chi connectivity index (χ3v) is 3.30. The number of aromatic nitrogens is 1. The summed E-state index contributed by atoms with van der Waals surface area (Å²) in [5, 5.41) is 12.7. The van der Waals surface area contributed by atoms with E-state index < -0.39 is 0 Å². The Morgan fingerprint density at radius 3 is 2.73 bits per heavy atom. The predicted molar refractivity (Wildman–Crippen MR) is 93.1 cm³/mol. The maximum Gasteiger partial charge on any atom is 0.138 e. The first-order valence-electron chi connectivity index (χ1n) is 7.70. The number of nitrogen functional groups attached to an aromatic ring is 1. The second kappa shape index (κ2) is 6.40. The van der Waals surface area contributed by atoms with Crippen LogP contribution in [0, 0.1) is 0 Å². The number of nitrogens with zero attached hydrogens (tertiary/aromatic N) is 2. The minimum atomic E-state index is -0.116. The molecule has 1 aliphatic heterocycles. The molecule has 0 saturated carbocycles. The zero-order valence-electron chi connectivity index (χ0n) is 13.8. The Balaban J connectivity index is 2.59. The Hall–Kier alpha value is -2.01. The summed E-state index contributed by atoms with van der Waals surface area (Å²) in [5.74, 6) is 1.29. The number of nitrogens with two attached hydrogens (primary N) is 1. The van der Waals surface area contributed by atoms with E-state index in [4.69, 9.17) is 5.73 Å². The monoisotopic (exact) mass is 302 g/mol. The first kappa shape index (κ1) is 16.4. The third kappa shape index (κ3) is 3.60. The minimum absolute atomic E-state index is 0.102. The number of anilines is 2. The molecule has 1 aromatic heterocycles. The van der Waals surface area contributed by atoms with Crippen molar-refractivity contribution in [2.75, 3.05) is 24.2 Å². The molecule has 2 heterocycles. The van der Waals surface area contributed by atoms with Crippen molar-refractivity contribution < 1.29 is 5.11 Å². The number of pyridine rings is 1. The van der Waals surface area contributed by atoms with Gasteiger partial charge in [0.15, 0.2) is 0 Å². The topological polar surface area (TPSA) is 74.4 Å². The Labute approximate surface area is 132 Å². The van der Waals surface area contributed by atoms with Crippen LogP contribution in [-0.4, -0.2) is 33.7 Å². The summed E-state index contributed by atoms with van der Waals surface area (Å²) in [5.41, 5.74) is 9.00. The van der Waals surface area contributed by atoms with E-state index in [0.29, 0.717) is 12.4 Å². The smallest absolute Gasteiger partial charge is 0.138 e. The van der Waals surface area contributed by atoms with Crippen molar-refractivity contribution >= 4 is 23.4 Å². The van der Waals surface area contributed by atoms with E-state index in [2.05, 4.69) is 49.0 Å². The van der Waals surface area contributed by atoms with Gasteiger partial charge in [0.1, 0.15) is 11.6 Å². The van der Waals surface area contributed by atoms with E-state index in [0.717, 1.165) is 29.1 Å². The van der Waals surface area contributed by atoms with Crippen LogP contribution in [0.5, 0.6) is 0 Å². The van der Waals surface area contributed by atoms with Crippen LogP contribution in [0.3, 0.4) is 0 Å². The van der Waals surface area contributed by atoms with Gasteiger partial charge >= 0.3 is 0 Å². The SMILES string of the molecule is CC/C=C1/c2c(cc(N)nc2NC(C)(C)C)C=CN1CCO. The molecule has 4 N–H and O–H groups in total. The highest BCUT2D eigenvalue weighted by atomic mass is 16.3. The van der Waals surface area contributed by atoms with E-state index in [9.17, 15) is 5.11 Å². The standard InChI is InChI=1S/C17H26N4O/c1-5-6-13-15-12(7-8-21(13)9-10-22)11-14(18)19-16(15)20-17(2,3)4/h6-8,11,22H,5,9-10H2,1-4H3,(H3,18,19,20)/b13-6-. The van der Waals surface area contributed by atoms with Crippen molar-refractivity contribution in [1.82, 2.24) is 9.88 Å². The quantitative estimate of drug-likeness (QED) is 0.797. The van der Waals surface area contributed by atoms with Gasteiger partial charge in [-0.3, -0.25) is 0 Å². The normalized spacial score (nSPS) is 16.0. The zero-order chi connectivity index (χ0) is 16.3. The van der Waals surface area contributed by atoms with Crippen LogP contribution in [0.15, 0.2) is 18.3 Å². The molecule has 0 bridgehead atoms. The molecule has 0 unspecified atom stereocenters. The average Bonchev–Trinajstić information content (AvgIpc) is 2.39. The Morgan fingerprint density at radius 1 is 1.41 bits per heavy atom. The first-order valence-corrected chi connectivity index (χ1v) is 7.70. The summed E-state index contributed by atoms with van der Waals surface area (Å²) in [6.45, 7) is 9.04. The molecule has 0 spiro atoms. The molecule has 1 aliphatic rings. The molecular formula is C17H26N4O. The Bertz CT molecular complexity index is 599. The second-order valence-corrected chi connectivity index (χ2v) is 6.47. The van der Waals surface area contributed by atoms with Gasteiger partial charge in [-0.05, 0) is 44.9 Å². The van der Waals surface area contributed by atoms with E-state index in [1.165, 1.54) is 0 Å². The van der Waals surface area contributed by atoms with Gasteiger partial charge in [0.25, 0.3) is 0 Å². The predicted octanol–water partition coefficient (Wildman–Crippen LogP) is 2.90. The number of β-amino-alcohol motifs (C(OH)–C–C–N with tert-alkyl or cyclic N) is 1. The molecule has 1 aromatic rings. The van der Waals surface area contributed by atoms with E-state index in [-0.39, 0.29) is 12.1 Å². The van der Waals surface area contributed by atoms with Gasteiger partial charge in [-0.2, -0.15) is 0 Å². The number of aliphatic hydroxyl groups excluding tert-OH is 1. The van der Waals surface area contributed by atoms with Crippen LogP contribution in [0.25, 0.3) is 11.8 Å². The summed E-state index contributed by atoms with van der Waals surface area (Å²) in [6.07, 6.45) is 7.07. The molecule has 0 amide bonds. The maximum absolute atomic E-state index is 9.30. The third-order valence-electron chi connectivity index (χ3n) is 3.30. The number of hydrogen-bond acceptors (Lipinski definition) is 5. The first-order chi connectivity index (χ1) is 10.4. The van der Waals surface area contributed by atoms with Crippen molar-refractivity contribution in [2.24, 2.45) is 0 Å². The number of aliphatic hydroxyl groups is 1. The number of fused-ring (bicyclic) bond motifs is 1. The molecule has 0 aliphatic carbocycles. The lowest BCUT2D eigenvalue weighted by Gasteiger charge is -2.31. The second-order valence-electron chi connectivity index (χ2n) is 6.47. The highest BCUT2D eigenvalue weighted by molar-refractivity contribution is 5.85. The molecule has 22 heavy (non-hydrogen) atoms. The van der Waals surface area contributed by atoms with Crippen LogP contribution in [0.1, 0.15) is 45.2 Å². The molecule has 5 nitrogen and oxygen atoms in total. The molecule has 5 heteroatoms. The number of allylic oxidation sites excluding steroid dienone is 1. The fourth-order valence-electron chi connectivity index (χ4n) is 2.54. The molecule has 120 valence electrons. The Morgan fingerprint density at radius 2 is 2.14 bits per heavy atom. The molecule has 0 radical (unpaired) electrons.